The Bertz CT molecular complexity index is 540. The first-order chi connectivity index (χ1) is 8.20. The predicted octanol–water partition coefficient (Wildman–Crippen LogP) is 1.28. The van der Waals surface area contributed by atoms with Crippen molar-refractivity contribution in [2.75, 3.05) is 7.11 Å². The lowest BCUT2D eigenvalue weighted by Crippen LogP contribution is -2.33. The van der Waals surface area contributed by atoms with Crippen LogP contribution in [0.5, 0.6) is 0 Å². The summed E-state index contributed by atoms with van der Waals surface area (Å²) in [5.41, 5.74) is 7.39. The third kappa shape index (κ3) is 2.60. The number of nitrogens with zero attached hydrogens (tertiary/aromatic N) is 1. The van der Waals surface area contributed by atoms with Crippen LogP contribution in [-0.4, -0.2) is 24.1 Å². The minimum Gasteiger partial charge on any atom is -0.468 e. The Kier molecular flexibility index (Phi) is 3.35. The van der Waals surface area contributed by atoms with Crippen LogP contribution in [0.15, 0.2) is 36.4 Å². The second-order valence-electron chi connectivity index (χ2n) is 3.83. The maximum Gasteiger partial charge on any atom is 0.323 e. The maximum atomic E-state index is 11.2. The van der Waals surface area contributed by atoms with Gasteiger partial charge in [0.25, 0.3) is 0 Å². The van der Waals surface area contributed by atoms with E-state index in [2.05, 4.69) is 9.72 Å². The van der Waals surface area contributed by atoms with E-state index in [-0.39, 0.29) is 0 Å². The van der Waals surface area contributed by atoms with Gasteiger partial charge in [0.1, 0.15) is 6.04 Å². The van der Waals surface area contributed by atoms with Gasteiger partial charge in [-0.05, 0) is 12.1 Å². The van der Waals surface area contributed by atoms with Crippen molar-refractivity contribution < 1.29 is 9.53 Å². The molecule has 2 rings (SSSR count). The number of pyridine rings is 1. The van der Waals surface area contributed by atoms with E-state index in [1.165, 1.54) is 7.11 Å². The zero-order chi connectivity index (χ0) is 12.3. The fourth-order valence-electron chi connectivity index (χ4n) is 1.68. The summed E-state index contributed by atoms with van der Waals surface area (Å²) >= 11 is 0. The highest BCUT2D eigenvalue weighted by atomic mass is 16.5. The molecule has 88 valence electrons. The topological polar surface area (TPSA) is 65.2 Å². The van der Waals surface area contributed by atoms with Gasteiger partial charge < -0.3 is 10.5 Å². The fraction of sp³-hybridized carbons (Fsp3) is 0.231. The smallest absolute Gasteiger partial charge is 0.323 e. The van der Waals surface area contributed by atoms with Gasteiger partial charge in [0.2, 0.25) is 0 Å². The first-order valence-electron chi connectivity index (χ1n) is 5.39. The van der Waals surface area contributed by atoms with E-state index >= 15 is 0 Å². The second-order valence-corrected chi connectivity index (χ2v) is 3.83. The number of methoxy groups -OCH3 is 1. The lowest BCUT2D eigenvalue weighted by molar-refractivity contribution is -0.142. The van der Waals surface area contributed by atoms with Crippen LogP contribution in [-0.2, 0) is 16.0 Å². The summed E-state index contributed by atoms with van der Waals surface area (Å²) < 4.78 is 4.58. The third-order valence-electron chi connectivity index (χ3n) is 2.59. The zero-order valence-electron chi connectivity index (χ0n) is 9.59. The molecular weight excluding hydrogens is 216 g/mol. The van der Waals surface area contributed by atoms with Gasteiger partial charge in [-0.15, -0.1) is 0 Å². The Morgan fingerprint density at radius 1 is 1.35 bits per heavy atom. The number of rotatable bonds is 3. The molecule has 0 unspecified atom stereocenters. The van der Waals surface area contributed by atoms with E-state index in [1.54, 1.807) is 0 Å². The molecule has 4 heteroatoms. The van der Waals surface area contributed by atoms with Crippen molar-refractivity contribution in [1.29, 1.82) is 0 Å². The SMILES string of the molecule is COC(=O)[C@@H](N)Cc1ccc2ccccc2n1. The van der Waals surface area contributed by atoms with Crippen LogP contribution >= 0.6 is 0 Å². The van der Waals surface area contributed by atoms with Gasteiger partial charge in [-0.1, -0.05) is 24.3 Å². The molecule has 0 spiro atoms. The van der Waals surface area contributed by atoms with E-state index in [0.29, 0.717) is 6.42 Å². The van der Waals surface area contributed by atoms with Gasteiger partial charge in [0.15, 0.2) is 0 Å². The molecule has 0 bridgehead atoms. The molecular formula is C13H14N2O2. The highest BCUT2D eigenvalue weighted by Gasteiger charge is 2.14. The molecule has 0 radical (unpaired) electrons. The van der Waals surface area contributed by atoms with Crippen LogP contribution < -0.4 is 5.73 Å². The third-order valence-corrected chi connectivity index (χ3v) is 2.59. The van der Waals surface area contributed by atoms with Crippen molar-refractivity contribution in [2.24, 2.45) is 5.73 Å². The quantitative estimate of drug-likeness (QED) is 0.807. The predicted molar refractivity (Wildman–Crippen MR) is 65.4 cm³/mol. The minimum atomic E-state index is -0.659. The summed E-state index contributed by atoms with van der Waals surface area (Å²) in [4.78, 5) is 15.6. The lowest BCUT2D eigenvalue weighted by Gasteiger charge is -2.08. The van der Waals surface area contributed by atoms with Gasteiger partial charge in [-0.25, -0.2) is 0 Å². The molecule has 4 nitrogen and oxygen atoms in total. The summed E-state index contributed by atoms with van der Waals surface area (Å²) in [6.07, 6.45) is 0.386. The number of para-hydroxylation sites is 1. The van der Waals surface area contributed by atoms with Gasteiger partial charge in [-0.2, -0.15) is 0 Å². The van der Waals surface area contributed by atoms with E-state index < -0.39 is 12.0 Å². The second kappa shape index (κ2) is 4.93. The number of esters is 1. The first-order valence-corrected chi connectivity index (χ1v) is 5.39. The number of carbonyl (C=O) groups excluding carboxylic acids is 1. The molecule has 2 N–H and O–H groups in total. The zero-order valence-corrected chi connectivity index (χ0v) is 9.59. The highest BCUT2D eigenvalue weighted by molar-refractivity contribution is 5.79. The van der Waals surface area contributed by atoms with E-state index in [4.69, 9.17) is 5.73 Å². The first kappa shape index (κ1) is 11.5. The normalized spacial score (nSPS) is 12.4. The van der Waals surface area contributed by atoms with Crippen LogP contribution in [0.4, 0.5) is 0 Å². The number of ether oxygens (including phenoxy) is 1. The number of hydrogen-bond acceptors (Lipinski definition) is 4. The Morgan fingerprint density at radius 3 is 2.88 bits per heavy atom. The number of benzene rings is 1. The van der Waals surface area contributed by atoms with E-state index in [9.17, 15) is 4.79 Å². The molecule has 0 fully saturated rings. The van der Waals surface area contributed by atoms with Crippen molar-refractivity contribution in [1.82, 2.24) is 4.98 Å². The molecule has 0 aliphatic rings. The number of carbonyl (C=O) groups is 1. The largest absolute Gasteiger partial charge is 0.468 e. The molecule has 0 saturated carbocycles. The maximum absolute atomic E-state index is 11.2. The Morgan fingerprint density at radius 2 is 2.12 bits per heavy atom. The molecule has 1 atom stereocenters. The summed E-state index contributed by atoms with van der Waals surface area (Å²) in [6, 6.07) is 11.0. The van der Waals surface area contributed by atoms with Gasteiger partial charge in [0.05, 0.1) is 12.6 Å². The van der Waals surface area contributed by atoms with Crippen molar-refractivity contribution in [3.05, 3.63) is 42.1 Å². The average molecular weight is 230 g/mol. The molecule has 17 heavy (non-hydrogen) atoms. The van der Waals surface area contributed by atoms with Crippen molar-refractivity contribution in [3.8, 4) is 0 Å². The van der Waals surface area contributed by atoms with E-state index in [0.717, 1.165) is 16.6 Å². The molecule has 1 aromatic carbocycles. The van der Waals surface area contributed by atoms with Crippen LogP contribution in [0.25, 0.3) is 10.9 Å². The van der Waals surface area contributed by atoms with Gasteiger partial charge in [-0.3, -0.25) is 9.78 Å². The highest BCUT2D eigenvalue weighted by Crippen LogP contribution is 2.12. The average Bonchev–Trinajstić information content (AvgIpc) is 2.37. The van der Waals surface area contributed by atoms with Gasteiger partial charge in [0, 0.05) is 17.5 Å². The summed E-state index contributed by atoms with van der Waals surface area (Å²) in [6.45, 7) is 0. The van der Waals surface area contributed by atoms with Crippen molar-refractivity contribution in [2.45, 2.75) is 12.5 Å². The van der Waals surface area contributed by atoms with Crippen molar-refractivity contribution in [3.63, 3.8) is 0 Å². The van der Waals surface area contributed by atoms with Gasteiger partial charge >= 0.3 is 5.97 Å². The van der Waals surface area contributed by atoms with Crippen LogP contribution in [0, 0.1) is 0 Å². The molecule has 1 aromatic heterocycles. The lowest BCUT2D eigenvalue weighted by atomic mass is 10.1. The summed E-state index contributed by atoms with van der Waals surface area (Å²) in [5.74, 6) is -0.417. The molecule has 0 amide bonds. The van der Waals surface area contributed by atoms with Crippen LogP contribution in [0.1, 0.15) is 5.69 Å². The Hall–Kier alpha value is -1.94. The van der Waals surface area contributed by atoms with E-state index in [1.807, 2.05) is 36.4 Å². The van der Waals surface area contributed by atoms with Crippen molar-refractivity contribution >= 4 is 16.9 Å². The number of hydrogen-bond donors (Lipinski definition) is 1. The molecule has 0 aliphatic carbocycles. The minimum absolute atomic E-state index is 0.386. The Labute approximate surface area is 99.4 Å². The fourth-order valence-corrected chi connectivity index (χ4v) is 1.68. The van der Waals surface area contributed by atoms with Crippen LogP contribution in [0.2, 0.25) is 0 Å². The van der Waals surface area contributed by atoms with Crippen LogP contribution in [0.3, 0.4) is 0 Å². The number of aromatic nitrogens is 1. The molecule has 0 aliphatic heterocycles. The standard InChI is InChI=1S/C13H14N2O2/c1-17-13(16)11(14)8-10-7-6-9-4-2-3-5-12(9)15-10/h2-7,11H,8,14H2,1H3/t11-/m0/s1. The summed E-state index contributed by atoms with van der Waals surface area (Å²) in [7, 11) is 1.33. The molecule has 2 aromatic rings. The Balaban J connectivity index is 2.22. The number of nitrogens with two attached hydrogens (primary N) is 1. The molecule has 1 heterocycles. The summed E-state index contributed by atoms with van der Waals surface area (Å²) in [5, 5.41) is 1.07. The number of fused-ring (bicyclic) bond motifs is 1. The molecule has 0 saturated heterocycles. The monoisotopic (exact) mass is 230 g/mol.